The molecule has 2 aromatic rings. The summed E-state index contributed by atoms with van der Waals surface area (Å²) in [5.74, 6) is -2.49. The number of aromatic nitrogens is 1. The molecule has 94 valence electrons. The van der Waals surface area contributed by atoms with E-state index in [1.165, 1.54) is 18.5 Å². The van der Waals surface area contributed by atoms with Crippen LogP contribution in [0, 0.1) is 21.4 Å². The molecule has 0 aliphatic rings. The highest BCUT2D eigenvalue weighted by Crippen LogP contribution is 2.23. The van der Waals surface area contributed by atoms with Crippen molar-refractivity contribution in [1.29, 1.82) is 5.26 Å². The van der Waals surface area contributed by atoms with Crippen LogP contribution in [0.25, 0.3) is 0 Å². The first kappa shape index (κ1) is 12.4. The van der Waals surface area contributed by atoms with Gasteiger partial charge in [0.05, 0.1) is 12.1 Å². The van der Waals surface area contributed by atoms with Gasteiger partial charge in [-0.15, -0.1) is 0 Å². The number of hydrogen-bond donors (Lipinski definition) is 0. The van der Waals surface area contributed by atoms with Crippen LogP contribution in [0.2, 0.25) is 0 Å². The Balaban J connectivity index is 2.31. The number of carbonyl (C=O) groups is 1. The summed E-state index contributed by atoms with van der Waals surface area (Å²) in [6.07, 6.45) is 2.91. The van der Waals surface area contributed by atoms with Crippen LogP contribution in [-0.2, 0) is 0 Å². The van der Waals surface area contributed by atoms with Gasteiger partial charge in [-0.1, -0.05) is 6.07 Å². The molecule has 0 amide bonds. The van der Waals surface area contributed by atoms with Crippen molar-refractivity contribution < 1.29 is 14.1 Å². The Bertz CT molecular complexity index is 657. The van der Waals surface area contributed by atoms with E-state index in [2.05, 4.69) is 4.98 Å². The van der Waals surface area contributed by atoms with Crippen molar-refractivity contribution in [2.45, 2.75) is 5.92 Å². The van der Waals surface area contributed by atoms with Crippen molar-refractivity contribution in [3.63, 3.8) is 0 Å². The zero-order valence-corrected chi connectivity index (χ0v) is 9.52. The quantitative estimate of drug-likeness (QED) is 0.471. The number of nitriles is 1. The molecule has 2 aromatic heterocycles. The third kappa shape index (κ3) is 2.47. The number of hydrogen-bond acceptors (Lipinski definition) is 6. The van der Waals surface area contributed by atoms with E-state index >= 15 is 0 Å². The number of carbonyl (C=O) groups excluding carboxylic acids is 1. The standard InChI is InChI=1S/C12H7N3O4/c13-6-9(8-2-1-5-14-7-8)12(16)10-3-4-11(19-10)15(17)18/h1-5,7,9H. The first-order chi connectivity index (χ1) is 9.13. The van der Waals surface area contributed by atoms with Gasteiger partial charge in [-0.2, -0.15) is 5.26 Å². The van der Waals surface area contributed by atoms with Crippen molar-refractivity contribution in [1.82, 2.24) is 4.98 Å². The number of rotatable bonds is 4. The van der Waals surface area contributed by atoms with E-state index < -0.39 is 22.5 Å². The molecular weight excluding hydrogens is 250 g/mol. The topological polar surface area (TPSA) is 110 Å². The highest BCUT2D eigenvalue weighted by Gasteiger charge is 2.26. The maximum absolute atomic E-state index is 12.0. The van der Waals surface area contributed by atoms with Gasteiger partial charge in [0.1, 0.15) is 10.8 Å². The van der Waals surface area contributed by atoms with Crippen molar-refractivity contribution >= 4 is 11.7 Å². The highest BCUT2D eigenvalue weighted by molar-refractivity contribution is 6.00. The number of furan rings is 1. The average Bonchev–Trinajstić information content (AvgIpc) is 2.90. The molecule has 7 heteroatoms. The fourth-order valence-corrected chi connectivity index (χ4v) is 1.53. The van der Waals surface area contributed by atoms with Crippen LogP contribution >= 0.6 is 0 Å². The lowest BCUT2D eigenvalue weighted by Crippen LogP contribution is -2.10. The van der Waals surface area contributed by atoms with Gasteiger partial charge in [0.25, 0.3) is 0 Å². The van der Waals surface area contributed by atoms with E-state index in [4.69, 9.17) is 9.68 Å². The molecule has 0 N–H and O–H groups in total. The molecule has 0 aliphatic carbocycles. The molecule has 0 spiro atoms. The summed E-state index contributed by atoms with van der Waals surface area (Å²) in [6, 6.07) is 7.27. The van der Waals surface area contributed by atoms with Crippen LogP contribution < -0.4 is 0 Å². The third-order valence-electron chi connectivity index (χ3n) is 2.42. The van der Waals surface area contributed by atoms with Gasteiger partial charge in [0, 0.05) is 12.4 Å². The number of ketones is 1. The van der Waals surface area contributed by atoms with E-state index in [-0.39, 0.29) is 5.76 Å². The second-order valence-corrected chi connectivity index (χ2v) is 3.61. The van der Waals surface area contributed by atoms with E-state index in [0.717, 1.165) is 6.07 Å². The number of Topliss-reactive ketones (excluding diaryl/α,β-unsaturated/α-hetero) is 1. The molecule has 19 heavy (non-hydrogen) atoms. The summed E-state index contributed by atoms with van der Waals surface area (Å²) in [4.78, 5) is 25.6. The first-order valence-electron chi connectivity index (χ1n) is 5.21. The molecule has 2 rings (SSSR count). The fourth-order valence-electron chi connectivity index (χ4n) is 1.53. The molecule has 2 heterocycles. The Kier molecular flexibility index (Phi) is 3.34. The minimum Gasteiger partial charge on any atom is -0.397 e. The lowest BCUT2D eigenvalue weighted by atomic mass is 9.96. The SMILES string of the molecule is N#CC(C(=O)c1ccc([N+](=O)[O-])o1)c1cccnc1. The summed E-state index contributed by atoms with van der Waals surface area (Å²) in [5, 5.41) is 19.5. The van der Waals surface area contributed by atoms with Gasteiger partial charge in [-0.25, -0.2) is 0 Å². The van der Waals surface area contributed by atoms with Crippen molar-refractivity contribution in [2.24, 2.45) is 0 Å². The average molecular weight is 257 g/mol. The highest BCUT2D eigenvalue weighted by atomic mass is 16.6. The van der Waals surface area contributed by atoms with Crippen LogP contribution in [0.3, 0.4) is 0 Å². The Morgan fingerprint density at radius 1 is 1.47 bits per heavy atom. The Labute approximate surface area is 107 Å². The number of pyridine rings is 1. The number of nitrogens with zero attached hydrogens (tertiary/aromatic N) is 3. The zero-order chi connectivity index (χ0) is 13.8. The predicted octanol–water partition coefficient (Wildman–Crippen LogP) is 2.07. The Morgan fingerprint density at radius 2 is 2.26 bits per heavy atom. The predicted molar refractivity (Wildman–Crippen MR) is 62.3 cm³/mol. The molecule has 1 atom stereocenters. The molecule has 0 bridgehead atoms. The van der Waals surface area contributed by atoms with Crippen LogP contribution in [-0.4, -0.2) is 15.7 Å². The maximum atomic E-state index is 12.0. The summed E-state index contributed by atoms with van der Waals surface area (Å²) in [7, 11) is 0. The maximum Gasteiger partial charge on any atom is 0.433 e. The molecule has 1 unspecified atom stereocenters. The monoisotopic (exact) mass is 257 g/mol. The van der Waals surface area contributed by atoms with Crippen molar-refractivity contribution in [2.75, 3.05) is 0 Å². The van der Waals surface area contributed by atoms with Gasteiger partial charge in [-0.3, -0.25) is 19.9 Å². The molecule has 0 aromatic carbocycles. The van der Waals surface area contributed by atoms with Gasteiger partial charge in [-0.05, 0) is 17.7 Å². The van der Waals surface area contributed by atoms with E-state index in [9.17, 15) is 14.9 Å². The van der Waals surface area contributed by atoms with Crippen LogP contribution in [0.1, 0.15) is 22.0 Å². The van der Waals surface area contributed by atoms with Crippen molar-refractivity contribution in [3.8, 4) is 6.07 Å². The van der Waals surface area contributed by atoms with Gasteiger partial charge >= 0.3 is 5.88 Å². The zero-order valence-electron chi connectivity index (χ0n) is 9.52. The largest absolute Gasteiger partial charge is 0.433 e. The number of nitro groups is 1. The minimum atomic E-state index is -1.10. The Hall–Kier alpha value is -3.01. The van der Waals surface area contributed by atoms with Crippen LogP contribution in [0.4, 0.5) is 5.88 Å². The van der Waals surface area contributed by atoms with E-state index in [1.807, 2.05) is 6.07 Å². The molecule has 7 nitrogen and oxygen atoms in total. The lowest BCUT2D eigenvalue weighted by Gasteiger charge is -2.04. The van der Waals surface area contributed by atoms with E-state index in [0.29, 0.717) is 5.56 Å². The fraction of sp³-hybridized carbons (Fsp3) is 0.0833. The second-order valence-electron chi connectivity index (χ2n) is 3.61. The van der Waals surface area contributed by atoms with E-state index in [1.54, 1.807) is 12.1 Å². The minimum absolute atomic E-state index is 0.220. The molecule has 0 saturated heterocycles. The summed E-state index contributed by atoms with van der Waals surface area (Å²) < 4.78 is 4.79. The first-order valence-corrected chi connectivity index (χ1v) is 5.21. The second kappa shape index (κ2) is 5.10. The Morgan fingerprint density at radius 3 is 2.79 bits per heavy atom. The molecular formula is C12H7N3O4. The van der Waals surface area contributed by atoms with Crippen molar-refractivity contribution in [3.05, 3.63) is 58.1 Å². The summed E-state index contributed by atoms with van der Waals surface area (Å²) in [5.41, 5.74) is 0.411. The molecule has 0 saturated carbocycles. The van der Waals surface area contributed by atoms with Gasteiger partial charge < -0.3 is 4.42 Å². The molecule has 0 radical (unpaired) electrons. The normalized spacial score (nSPS) is 11.5. The van der Waals surface area contributed by atoms with Gasteiger partial charge in [0.15, 0.2) is 5.76 Å². The van der Waals surface area contributed by atoms with Crippen LogP contribution in [0.15, 0.2) is 41.1 Å². The summed E-state index contributed by atoms with van der Waals surface area (Å²) >= 11 is 0. The third-order valence-corrected chi connectivity index (χ3v) is 2.42. The lowest BCUT2D eigenvalue weighted by molar-refractivity contribution is -0.402. The van der Waals surface area contributed by atoms with Gasteiger partial charge in [0.2, 0.25) is 5.78 Å². The molecule has 0 aliphatic heterocycles. The molecule has 0 fully saturated rings. The summed E-state index contributed by atoms with van der Waals surface area (Å²) in [6.45, 7) is 0. The smallest absolute Gasteiger partial charge is 0.397 e. The van der Waals surface area contributed by atoms with Crippen LogP contribution in [0.5, 0.6) is 0 Å².